The number of nitrogens with zero attached hydrogens (tertiary/aromatic N) is 3. The van der Waals surface area contributed by atoms with E-state index in [4.69, 9.17) is 24.5 Å². The maximum atomic E-state index is 12.7. The van der Waals surface area contributed by atoms with Crippen LogP contribution in [0, 0.1) is 11.8 Å². The van der Waals surface area contributed by atoms with E-state index < -0.39 is 22.0 Å². The van der Waals surface area contributed by atoms with E-state index in [-0.39, 0.29) is 11.9 Å². The first-order valence-corrected chi connectivity index (χ1v) is 18.6. The zero-order valence-electron chi connectivity index (χ0n) is 27.9. The van der Waals surface area contributed by atoms with E-state index >= 15 is 0 Å². The Kier molecular flexibility index (Phi) is 15.0. The van der Waals surface area contributed by atoms with Crippen LogP contribution in [0.25, 0.3) is 0 Å². The van der Waals surface area contributed by atoms with Gasteiger partial charge in [-0.1, -0.05) is 57.0 Å². The highest BCUT2D eigenvalue weighted by Crippen LogP contribution is 2.48. The molecule has 2 aromatic carbocycles. The lowest BCUT2D eigenvalue weighted by molar-refractivity contribution is -0.159. The van der Waals surface area contributed by atoms with Gasteiger partial charge in [-0.15, -0.1) is 0 Å². The van der Waals surface area contributed by atoms with E-state index in [9.17, 15) is 13.2 Å². The van der Waals surface area contributed by atoms with Gasteiger partial charge in [-0.3, -0.25) is 4.79 Å². The van der Waals surface area contributed by atoms with Crippen molar-refractivity contribution in [3.63, 3.8) is 0 Å². The number of anilines is 2. The number of unbranched alkanes of at least 4 members (excludes halogenated alkanes) is 2. The van der Waals surface area contributed by atoms with Crippen LogP contribution in [0.15, 0.2) is 57.2 Å². The second-order valence-corrected chi connectivity index (χ2v) is 15.5. The number of piperidine rings is 1. The standard InChI is InChI=1S/C32H47N3O4S2.C2H2O4/c1-5-6-7-11-25(2)32(36)39-23-18-26-16-21-34(22-17-26)19-10-20-35-28-12-8-9-13-30(28)40-31-24-27(14-15-29(31)35)41(37,38)33(3)4;3-1(4)2(5)6/h8-9,12-15,24-26H,5-7,10-11,16-23H2,1-4H3;(H,3,4)(H,5,6). The number of carbonyl (C=O) groups excluding carboxylic acids is 1. The third kappa shape index (κ3) is 11.2. The minimum absolute atomic E-state index is 0.00830. The number of aliphatic carboxylic acids is 2. The largest absolute Gasteiger partial charge is 0.473 e. The minimum Gasteiger partial charge on any atom is -0.473 e. The fraction of sp³-hybridized carbons (Fsp3) is 0.559. The highest BCUT2D eigenvalue weighted by atomic mass is 32.2. The highest BCUT2D eigenvalue weighted by Gasteiger charge is 2.27. The molecule has 0 aliphatic carbocycles. The molecule has 0 amide bonds. The number of carbonyl (C=O) groups is 3. The Morgan fingerprint density at radius 3 is 2.26 bits per heavy atom. The normalized spacial score (nSPS) is 15.6. The van der Waals surface area contributed by atoms with Crippen LogP contribution in [0.3, 0.4) is 0 Å². The lowest BCUT2D eigenvalue weighted by atomic mass is 9.94. The van der Waals surface area contributed by atoms with Gasteiger partial charge >= 0.3 is 17.9 Å². The van der Waals surface area contributed by atoms with Gasteiger partial charge in [0.15, 0.2) is 0 Å². The number of likely N-dealkylation sites (tertiary alicyclic amines) is 1. The second kappa shape index (κ2) is 18.4. The molecule has 4 rings (SSSR count). The molecular formula is C34H49N3O8S2. The fourth-order valence-electron chi connectivity index (χ4n) is 5.66. The average molecular weight is 692 g/mol. The Bertz CT molecular complexity index is 1450. The van der Waals surface area contributed by atoms with Crippen LogP contribution in [-0.4, -0.2) is 92.6 Å². The van der Waals surface area contributed by atoms with Crippen molar-refractivity contribution in [2.45, 2.75) is 79.9 Å². The molecule has 1 atom stereocenters. The number of ether oxygens (including phenoxy) is 1. The third-order valence-electron chi connectivity index (χ3n) is 8.54. The summed E-state index contributed by atoms with van der Waals surface area (Å²) in [5, 5.41) is 14.8. The number of hydrogen-bond donors (Lipinski definition) is 2. The van der Waals surface area contributed by atoms with Gasteiger partial charge in [-0.2, -0.15) is 0 Å². The summed E-state index contributed by atoms with van der Waals surface area (Å²) in [7, 11) is -0.355. The molecule has 1 fully saturated rings. The van der Waals surface area contributed by atoms with Crippen molar-refractivity contribution < 1.29 is 37.8 Å². The number of esters is 1. The Morgan fingerprint density at radius 2 is 1.62 bits per heavy atom. The predicted molar refractivity (Wildman–Crippen MR) is 183 cm³/mol. The Balaban J connectivity index is 0.000000913. The van der Waals surface area contributed by atoms with E-state index in [2.05, 4.69) is 34.9 Å². The van der Waals surface area contributed by atoms with Crippen molar-refractivity contribution in [3.8, 4) is 0 Å². The molecule has 2 aromatic rings. The van der Waals surface area contributed by atoms with Crippen LogP contribution in [0.4, 0.5) is 11.4 Å². The summed E-state index contributed by atoms with van der Waals surface area (Å²) in [6.07, 6.45) is 8.67. The topological polar surface area (TPSA) is 145 Å². The second-order valence-electron chi connectivity index (χ2n) is 12.2. The summed E-state index contributed by atoms with van der Waals surface area (Å²) in [6, 6.07) is 13.9. The number of carboxylic acid groups (broad SMARTS) is 2. The third-order valence-corrected chi connectivity index (χ3v) is 11.5. The first-order chi connectivity index (χ1) is 22.3. The van der Waals surface area contributed by atoms with Gasteiger partial charge < -0.3 is 24.7 Å². The molecule has 0 saturated carbocycles. The maximum Gasteiger partial charge on any atom is 0.414 e. The minimum atomic E-state index is -3.49. The quantitative estimate of drug-likeness (QED) is 0.138. The number of rotatable bonds is 14. The van der Waals surface area contributed by atoms with E-state index in [0.717, 1.165) is 80.2 Å². The maximum absolute atomic E-state index is 12.7. The van der Waals surface area contributed by atoms with Crippen LogP contribution >= 0.6 is 11.8 Å². The van der Waals surface area contributed by atoms with E-state index in [1.54, 1.807) is 31.9 Å². The molecule has 1 unspecified atom stereocenters. The summed E-state index contributed by atoms with van der Waals surface area (Å²) in [5.74, 6) is -3.05. The van der Waals surface area contributed by atoms with Crippen LogP contribution in [0.5, 0.6) is 0 Å². The van der Waals surface area contributed by atoms with Crippen LogP contribution in [0.1, 0.15) is 65.2 Å². The average Bonchev–Trinajstić information content (AvgIpc) is 3.05. The molecule has 1 saturated heterocycles. The Morgan fingerprint density at radius 1 is 0.957 bits per heavy atom. The summed E-state index contributed by atoms with van der Waals surface area (Å²) in [4.78, 5) is 37.8. The van der Waals surface area contributed by atoms with Crippen molar-refractivity contribution in [1.82, 2.24) is 9.21 Å². The molecule has 0 aromatic heterocycles. The molecule has 260 valence electrons. The lowest BCUT2D eigenvalue weighted by Crippen LogP contribution is -2.36. The molecule has 0 spiro atoms. The summed E-state index contributed by atoms with van der Waals surface area (Å²) in [5.41, 5.74) is 2.25. The number of hydrogen-bond acceptors (Lipinski definition) is 9. The zero-order chi connectivity index (χ0) is 34.6. The van der Waals surface area contributed by atoms with Gasteiger partial charge in [-0.05, 0) is 88.0 Å². The molecule has 0 radical (unpaired) electrons. The molecule has 47 heavy (non-hydrogen) atoms. The molecule has 2 aliphatic rings. The molecule has 13 heteroatoms. The van der Waals surface area contributed by atoms with Crippen molar-refractivity contribution in [2.24, 2.45) is 11.8 Å². The van der Waals surface area contributed by atoms with Crippen LogP contribution in [-0.2, 0) is 29.1 Å². The number of para-hydroxylation sites is 1. The molecule has 2 aliphatic heterocycles. The number of sulfonamides is 1. The molecule has 2 heterocycles. The van der Waals surface area contributed by atoms with Crippen molar-refractivity contribution in [3.05, 3.63) is 42.5 Å². The van der Waals surface area contributed by atoms with Gasteiger partial charge in [0.1, 0.15) is 0 Å². The lowest BCUT2D eigenvalue weighted by Gasteiger charge is -2.35. The van der Waals surface area contributed by atoms with Crippen molar-refractivity contribution in [1.29, 1.82) is 0 Å². The Hall–Kier alpha value is -3.13. The predicted octanol–water partition coefficient (Wildman–Crippen LogP) is 5.95. The van der Waals surface area contributed by atoms with Crippen molar-refractivity contribution in [2.75, 3.05) is 51.8 Å². The van der Waals surface area contributed by atoms with E-state index in [1.807, 2.05) is 25.1 Å². The molecule has 11 nitrogen and oxygen atoms in total. The van der Waals surface area contributed by atoms with Crippen LogP contribution in [0.2, 0.25) is 0 Å². The van der Waals surface area contributed by atoms with Gasteiger partial charge in [0, 0.05) is 30.4 Å². The van der Waals surface area contributed by atoms with E-state index in [1.165, 1.54) is 22.8 Å². The SMILES string of the molecule is CCCCCC(C)C(=O)OCCC1CCN(CCCN2c3ccccc3Sc3cc(S(=O)(=O)N(C)C)ccc32)CC1.O=C(O)C(=O)O. The van der Waals surface area contributed by atoms with Gasteiger partial charge in [-0.25, -0.2) is 22.3 Å². The van der Waals surface area contributed by atoms with Gasteiger partial charge in [0.25, 0.3) is 0 Å². The fourth-order valence-corrected chi connectivity index (χ4v) is 7.80. The van der Waals surface area contributed by atoms with Crippen LogP contribution < -0.4 is 4.90 Å². The van der Waals surface area contributed by atoms with Crippen molar-refractivity contribution >= 4 is 51.1 Å². The highest BCUT2D eigenvalue weighted by molar-refractivity contribution is 7.99. The summed E-state index contributed by atoms with van der Waals surface area (Å²) in [6.45, 7) is 8.79. The monoisotopic (exact) mass is 691 g/mol. The summed E-state index contributed by atoms with van der Waals surface area (Å²) < 4.78 is 32.4. The zero-order valence-corrected chi connectivity index (χ0v) is 29.5. The summed E-state index contributed by atoms with van der Waals surface area (Å²) >= 11 is 1.64. The molecule has 2 N–H and O–H groups in total. The number of carboxylic acids is 2. The molecular weight excluding hydrogens is 643 g/mol. The molecule has 0 bridgehead atoms. The van der Waals surface area contributed by atoms with Gasteiger partial charge in [0.05, 0.1) is 28.8 Å². The number of fused-ring (bicyclic) bond motifs is 2. The number of benzene rings is 2. The Labute approximate surface area is 283 Å². The van der Waals surface area contributed by atoms with E-state index in [0.29, 0.717) is 17.4 Å². The first-order valence-electron chi connectivity index (χ1n) is 16.3. The van der Waals surface area contributed by atoms with Gasteiger partial charge in [0.2, 0.25) is 10.0 Å². The smallest absolute Gasteiger partial charge is 0.414 e. The first kappa shape index (κ1) is 38.3.